The van der Waals surface area contributed by atoms with Crippen molar-refractivity contribution in [1.29, 1.82) is 0 Å². The largest absolute Gasteiger partial charge is 0.496 e. The monoisotopic (exact) mass is 618 g/mol. The van der Waals surface area contributed by atoms with Gasteiger partial charge in [0.05, 0.1) is 24.1 Å². The van der Waals surface area contributed by atoms with Crippen LogP contribution in [0.3, 0.4) is 0 Å². The highest BCUT2D eigenvalue weighted by Gasteiger charge is 2.45. The molecule has 2 bridgehead atoms. The van der Waals surface area contributed by atoms with Gasteiger partial charge in [-0.25, -0.2) is 9.18 Å². The number of hydrogen-bond donors (Lipinski definition) is 0. The van der Waals surface area contributed by atoms with Gasteiger partial charge in [-0.3, -0.25) is 9.88 Å². The van der Waals surface area contributed by atoms with E-state index in [9.17, 15) is 4.79 Å². The van der Waals surface area contributed by atoms with Crippen LogP contribution < -0.4 is 14.4 Å². The van der Waals surface area contributed by atoms with Crippen molar-refractivity contribution in [3.8, 4) is 23.0 Å². The third-order valence-electron chi connectivity index (χ3n) is 9.95. The number of rotatable bonds is 6. The van der Waals surface area contributed by atoms with Crippen molar-refractivity contribution in [2.75, 3.05) is 51.3 Å². The lowest BCUT2D eigenvalue weighted by atomic mass is 9.95. The zero-order valence-electron chi connectivity index (χ0n) is 26.7. The van der Waals surface area contributed by atoms with E-state index in [0.717, 1.165) is 58.2 Å². The number of nitrogens with zero attached hydrogens (tertiary/aromatic N) is 6. The van der Waals surface area contributed by atoms with Crippen LogP contribution in [0.15, 0.2) is 30.5 Å². The lowest BCUT2D eigenvalue weighted by molar-refractivity contribution is 0.0221. The number of aromatic nitrogens is 3. The molecule has 6 heterocycles. The maximum atomic E-state index is 16.5. The first-order chi connectivity index (χ1) is 21.6. The Morgan fingerprint density at radius 1 is 1.09 bits per heavy atom. The van der Waals surface area contributed by atoms with Gasteiger partial charge in [0.1, 0.15) is 35.0 Å². The normalized spacial score (nSPS) is 22.9. The highest BCUT2D eigenvalue weighted by molar-refractivity contribution is 5.92. The number of hydrogen-bond acceptors (Lipinski definition) is 9. The summed E-state index contributed by atoms with van der Waals surface area (Å²) in [4.78, 5) is 33.9. The molecule has 4 aliphatic heterocycles. The molecular formula is C34H43FN6O4. The average Bonchev–Trinajstić information content (AvgIpc) is 3.67. The zero-order valence-corrected chi connectivity index (χ0v) is 26.7. The van der Waals surface area contributed by atoms with Gasteiger partial charge in [-0.2, -0.15) is 9.97 Å². The molecule has 10 nitrogen and oxygen atoms in total. The molecular weight excluding hydrogens is 575 g/mol. The Balaban J connectivity index is 1.27. The molecule has 2 aromatic heterocycles. The summed E-state index contributed by atoms with van der Waals surface area (Å²) >= 11 is 0. The van der Waals surface area contributed by atoms with E-state index in [1.165, 1.54) is 0 Å². The minimum Gasteiger partial charge on any atom is -0.496 e. The Labute approximate surface area is 263 Å². The van der Waals surface area contributed by atoms with Crippen molar-refractivity contribution in [2.45, 2.75) is 76.5 Å². The fourth-order valence-electron chi connectivity index (χ4n) is 7.83. The Bertz CT molecular complexity index is 1580. The van der Waals surface area contributed by atoms with Crippen LogP contribution in [0.4, 0.5) is 15.0 Å². The summed E-state index contributed by atoms with van der Waals surface area (Å²) in [6.45, 7) is 10.3. The Morgan fingerprint density at radius 2 is 1.87 bits per heavy atom. The quantitative estimate of drug-likeness (QED) is 0.346. The molecule has 1 aromatic carbocycles. The van der Waals surface area contributed by atoms with Crippen molar-refractivity contribution < 1.29 is 23.4 Å². The summed E-state index contributed by atoms with van der Waals surface area (Å²) in [6.07, 6.45) is 7.61. The molecule has 45 heavy (non-hydrogen) atoms. The van der Waals surface area contributed by atoms with E-state index in [2.05, 4.69) is 19.8 Å². The van der Waals surface area contributed by atoms with Gasteiger partial charge in [0, 0.05) is 31.4 Å². The minimum absolute atomic E-state index is 0.00644. The van der Waals surface area contributed by atoms with Gasteiger partial charge >= 0.3 is 12.1 Å². The molecule has 0 saturated carbocycles. The van der Waals surface area contributed by atoms with E-state index in [1.807, 2.05) is 37.8 Å². The Hall–Kier alpha value is -3.73. The topological polar surface area (TPSA) is 93.2 Å². The lowest BCUT2D eigenvalue weighted by Gasteiger charge is -2.34. The van der Waals surface area contributed by atoms with Gasteiger partial charge in [-0.05, 0) is 90.4 Å². The maximum Gasteiger partial charge on any atom is 0.410 e. The van der Waals surface area contributed by atoms with Gasteiger partial charge in [0.2, 0.25) is 0 Å². The molecule has 2 unspecified atom stereocenters. The predicted molar refractivity (Wildman–Crippen MR) is 169 cm³/mol. The van der Waals surface area contributed by atoms with Gasteiger partial charge < -0.3 is 24.0 Å². The molecule has 0 aliphatic carbocycles. The SMILES string of the molecule is COc1ccccc1-c1ncc2c(N3CCC4CC(C3)N(C(=O)OC(C)(C)C)C4)nc(OCC34CCCN3CCC4)nc2c1F. The van der Waals surface area contributed by atoms with Crippen LogP contribution in [0.5, 0.6) is 11.8 Å². The van der Waals surface area contributed by atoms with Crippen LogP contribution in [0.25, 0.3) is 22.2 Å². The van der Waals surface area contributed by atoms with E-state index in [0.29, 0.717) is 48.1 Å². The minimum atomic E-state index is -0.575. The highest BCUT2D eigenvalue weighted by Crippen LogP contribution is 2.41. The number of halogens is 1. The number of carbonyl (C=O) groups is 1. The molecule has 0 spiro atoms. The fourth-order valence-corrected chi connectivity index (χ4v) is 7.83. The number of benzene rings is 1. The first kappa shape index (κ1) is 30.0. The van der Waals surface area contributed by atoms with Crippen LogP contribution in [-0.4, -0.2) is 94.5 Å². The predicted octanol–water partition coefficient (Wildman–Crippen LogP) is 5.68. The molecule has 240 valence electrons. The number of carbonyl (C=O) groups excluding carboxylic acids is 1. The summed E-state index contributed by atoms with van der Waals surface area (Å²) in [5.41, 5.74) is 0.297. The summed E-state index contributed by atoms with van der Waals surface area (Å²) in [7, 11) is 1.56. The molecule has 4 saturated heterocycles. The van der Waals surface area contributed by atoms with Crippen LogP contribution in [0.1, 0.15) is 59.3 Å². The lowest BCUT2D eigenvalue weighted by Crippen LogP contribution is -2.46. The molecule has 1 amide bonds. The van der Waals surface area contributed by atoms with Gasteiger partial charge in [0.25, 0.3) is 0 Å². The fraction of sp³-hybridized carbons (Fsp3) is 0.588. The standard InChI is InChI=1S/C34H43FN6O4/c1-33(2,3)45-32(42)41-19-22-11-16-39(20-23(41)17-22)30-25-18-36-28(24-9-5-6-10-26(24)43-4)27(35)29(25)37-31(38-30)44-21-34-12-7-14-40(34)15-8-13-34/h5-6,9-10,18,22-23H,7-8,11-17,19-21H2,1-4H3. The molecule has 4 fully saturated rings. The summed E-state index contributed by atoms with van der Waals surface area (Å²) < 4.78 is 34.2. The molecule has 2 atom stereocenters. The van der Waals surface area contributed by atoms with Crippen LogP contribution in [0.2, 0.25) is 0 Å². The van der Waals surface area contributed by atoms with Crippen LogP contribution in [-0.2, 0) is 4.74 Å². The van der Waals surface area contributed by atoms with E-state index in [4.69, 9.17) is 19.2 Å². The van der Waals surface area contributed by atoms with Gasteiger partial charge in [0.15, 0.2) is 5.82 Å². The van der Waals surface area contributed by atoms with Crippen molar-refractivity contribution in [3.63, 3.8) is 0 Å². The third-order valence-corrected chi connectivity index (χ3v) is 9.95. The molecule has 0 N–H and O–H groups in total. The zero-order chi connectivity index (χ0) is 31.3. The molecule has 3 aromatic rings. The number of amides is 1. The van der Waals surface area contributed by atoms with E-state index >= 15 is 4.39 Å². The van der Waals surface area contributed by atoms with Gasteiger partial charge in [-0.1, -0.05) is 12.1 Å². The second-order valence-electron chi connectivity index (χ2n) is 14.0. The first-order valence-corrected chi connectivity index (χ1v) is 16.3. The van der Waals surface area contributed by atoms with E-state index < -0.39 is 11.4 Å². The summed E-state index contributed by atoms with van der Waals surface area (Å²) in [5.74, 6) is 0.926. The number of fused-ring (bicyclic) bond motifs is 4. The number of methoxy groups -OCH3 is 1. The second-order valence-corrected chi connectivity index (χ2v) is 14.0. The van der Waals surface area contributed by atoms with Crippen molar-refractivity contribution in [2.24, 2.45) is 5.92 Å². The smallest absolute Gasteiger partial charge is 0.410 e. The third kappa shape index (κ3) is 5.64. The van der Waals surface area contributed by atoms with E-state index in [1.54, 1.807) is 25.4 Å². The Morgan fingerprint density at radius 3 is 2.62 bits per heavy atom. The average molecular weight is 619 g/mol. The number of likely N-dealkylation sites (tertiary alicyclic amines) is 1. The number of ether oxygens (including phenoxy) is 3. The first-order valence-electron chi connectivity index (χ1n) is 16.3. The summed E-state index contributed by atoms with van der Waals surface area (Å²) in [6, 6.07) is 7.38. The van der Waals surface area contributed by atoms with Crippen molar-refractivity contribution in [1.82, 2.24) is 24.8 Å². The number of anilines is 1. The van der Waals surface area contributed by atoms with Gasteiger partial charge in [-0.15, -0.1) is 0 Å². The molecule has 4 aliphatic rings. The molecule has 0 radical (unpaired) electrons. The van der Waals surface area contributed by atoms with Crippen LogP contribution >= 0.6 is 0 Å². The maximum absolute atomic E-state index is 16.5. The number of para-hydroxylation sites is 1. The van der Waals surface area contributed by atoms with E-state index in [-0.39, 0.29) is 34.9 Å². The molecule has 11 heteroatoms. The number of pyridine rings is 1. The van der Waals surface area contributed by atoms with Crippen LogP contribution in [0, 0.1) is 11.7 Å². The van der Waals surface area contributed by atoms with Crippen molar-refractivity contribution in [3.05, 3.63) is 36.3 Å². The molecule has 7 rings (SSSR count). The highest BCUT2D eigenvalue weighted by atomic mass is 19.1. The second kappa shape index (κ2) is 11.6. The van der Waals surface area contributed by atoms with Crippen molar-refractivity contribution >= 4 is 22.8 Å². The summed E-state index contributed by atoms with van der Waals surface area (Å²) in [5, 5.41) is 0.515. The Kier molecular flexibility index (Phi) is 7.70.